The Morgan fingerprint density at radius 1 is 1.58 bits per heavy atom. The van der Waals surface area contributed by atoms with Gasteiger partial charge in [-0.2, -0.15) is 4.58 Å². The maximum Gasteiger partial charge on any atom is 0.292 e. The van der Waals surface area contributed by atoms with Gasteiger partial charge in [0.15, 0.2) is 12.0 Å². The second kappa shape index (κ2) is 2.97. The van der Waals surface area contributed by atoms with Gasteiger partial charge in [-0.15, -0.1) is 0 Å². The Kier molecular flexibility index (Phi) is 1.82. The number of nitrogens with zero attached hydrogens (tertiary/aromatic N) is 1. The van der Waals surface area contributed by atoms with Crippen LogP contribution in [0.25, 0.3) is 0 Å². The third-order valence-electron chi connectivity index (χ3n) is 2.01. The van der Waals surface area contributed by atoms with Crippen LogP contribution in [-0.2, 0) is 4.74 Å². The summed E-state index contributed by atoms with van der Waals surface area (Å²) >= 11 is 0. The Bertz CT molecular complexity index is 308. The molecule has 1 aliphatic carbocycles. The molecule has 1 aliphatic heterocycles. The standard InChI is InChI=1S/C10H12NO/c1-2-7-11-8-12-10-6-4-3-5-9(10)11/h2-4,6-7H,5,8H2,1H3/q+1. The van der Waals surface area contributed by atoms with E-state index < -0.39 is 0 Å². The van der Waals surface area contributed by atoms with E-state index in [0.29, 0.717) is 6.73 Å². The van der Waals surface area contributed by atoms with Crippen molar-refractivity contribution in [2.45, 2.75) is 13.3 Å². The molecule has 0 N–H and O–H groups in total. The van der Waals surface area contributed by atoms with Crippen LogP contribution in [0.5, 0.6) is 0 Å². The predicted octanol–water partition coefficient (Wildman–Crippen LogP) is 1.80. The van der Waals surface area contributed by atoms with Gasteiger partial charge >= 0.3 is 0 Å². The molecular weight excluding hydrogens is 150 g/mol. The van der Waals surface area contributed by atoms with Crippen LogP contribution in [0.4, 0.5) is 0 Å². The lowest BCUT2D eigenvalue weighted by Gasteiger charge is -1.96. The Labute approximate surface area is 72.2 Å². The van der Waals surface area contributed by atoms with Crippen LogP contribution in [0.2, 0.25) is 0 Å². The van der Waals surface area contributed by atoms with Crippen LogP contribution in [0.3, 0.4) is 0 Å². The molecule has 0 radical (unpaired) electrons. The summed E-state index contributed by atoms with van der Waals surface area (Å²) in [6, 6.07) is 0. The molecule has 2 aliphatic rings. The van der Waals surface area contributed by atoms with Gasteiger partial charge in [-0.3, -0.25) is 0 Å². The summed E-state index contributed by atoms with van der Waals surface area (Å²) in [5.41, 5.74) is 1.27. The summed E-state index contributed by atoms with van der Waals surface area (Å²) < 4.78 is 7.60. The van der Waals surface area contributed by atoms with Crippen molar-refractivity contribution in [3.05, 3.63) is 36.3 Å². The molecule has 0 fully saturated rings. The van der Waals surface area contributed by atoms with Crippen molar-refractivity contribution in [2.75, 3.05) is 6.73 Å². The third kappa shape index (κ3) is 1.09. The molecule has 0 saturated carbocycles. The highest BCUT2D eigenvalue weighted by molar-refractivity contribution is 5.97. The molecule has 1 heterocycles. The summed E-state index contributed by atoms with van der Waals surface area (Å²) in [5, 5.41) is 0. The van der Waals surface area contributed by atoms with Crippen molar-refractivity contribution in [3.8, 4) is 0 Å². The smallest absolute Gasteiger partial charge is 0.292 e. The Balaban J connectivity index is 2.35. The van der Waals surface area contributed by atoms with E-state index in [2.05, 4.69) is 16.9 Å². The Morgan fingerprint density at radius 2 is 2.50 bits per heavy atom. The highest BCUT2D eigenvalue weighted by Gasteiger charge is 2.27. The first-order valence-electron chi connectivity index (χ1n) is 4.17. The lowest BCUT2D eigenvalue weighted by Crippen LogP contribution is -2.09. The first-order chi connectivity index (χ1) is 5.92. The van der Waals surface area contributed by atoms with Gasteiger partial charge in [-0.05, 0) is 19.1 Å². The van der Waals surface area contributed by atoms with Gasteiger partial charge in [0.25, 0.3) is 6.73 Å². The average molecular weight is 162 g/mol. The molecule has 62 valence electrons. The molecule has 0 bridgehead atoms. The monoisotopic (exact) mass is 162 g/mol. The minimum absolute atomic E-state index is 0.660. The molecule has 0 aromatic rings. The Hall–Kier alpha value is -1.31. The van der Waals surface area contributed by atoms with E-state index in [1.807, 2.05) is 25.2 Å². The van der Waals surface area contributed by atoms with Crippen LogP contribution in [0.15, 0.2) is 36.3 Å². The highest BCUT2D eigenvalue weighted by Crippen LogP contribution is 2.16. The van der Waals surface area contributed by atoms with E-state index >= 15 is 0 Å². The molecule has 0 aromatic carbocycles. The Morgan fingerprint density at radius 3 is 3.33 bits per heavy atom. The second-order valence-electron chi connectivity index (χ2n) is 2.84. The van der Waals surface area contributed by atoms with E-state index in [-0.39, 0.29) is 0 Å². The fourth-order valence-corrected chi connectivity index (χ4v) is 1.45. The van der Waals surface area contributed by atoms with Crippen LogP contribution >= 0.6 is 0 Å². The second-order valence-corrected chi connectivity index (χ2v) is 2.84. The minimum atomic E-state index is 0.660. The van der Waals surface area contributed by atoms with E-state index in [9.17, 15) is 0 Å². The molecule has 0 saturated heterocycles. The first kappa shape index (κ1) is 7.35. The fourth-order valence-electron chi connectivity index (χ4n) is 1.45. The summed E-state index contributed by atoms with van der Waals surface area (Å²) in [4.78, 5) is 0. The topological polar surface area (TPSA) is 12.2 Å². The zero-order valence-electron chi connectivity index (χ0n) is 7.16. The zero-order chi connectivity index (χ0) is 8.39. The molecule has 12 heavy (non-hydrogen) atoms. The normalized spacial score (nSPS) is 21.2. The van der Waals surface area contributed by atoms with E-state index in [1.54, 1.807) is 0 Å². The zero-order valence-corrected chi connectivity index (χ0v) is 7.16. The maximum absolute atomic E-state index is 5.47. The number of allylic oxidation sites excluding steroid dienone is 5. The number of fused-ring (bicyclic) bond motifs is 1. The van der Waals surface area contributed by atoms with Crippen molar-refractivity contribution in [1.82, 2.24) is 0 Å². The van der Waals surface area contributed by atoms with Gasteiger partial charge in [-0.1, -0.05) is 12.2 Å². The lowest BCUT2D eigenvalue weighted by molar-refractivity contribution is -0.484. The lowest BCUT2D eigenvalue weighted by atomic mass is 10.1. The molecule has 0 aromatic heterocycles. The minimum Gasteiger partial charge on any atom is -0.429 e. The van der Waals surface area contributed by atoms with E-state index in [0.717, 1.165) is 12.2 Å². The molecule has 0 atom stereocenters. The van der Waals surface area contributed by atoms with Crippen molar-refractivity contribution in [1.29, 1.82) is 0 Å². The molecule has 2 nitrogen and oxygen atoms in total. The van der Waals surface area contributed by atoms with Gasteiger partial charge in [-0.25, -0.2) is 0 Å². The molecular formula is C10H12NO+. The summed E-state index contributed by atoms with van der Waals surface area (Å²) in [6.07, 6.45) is 11.3. The molecule has 2 heteroatoms. The number of hydrogen-bond acceptors (Lipinski definition) is 1. The number of hydrogen-bond donors (Lipinski definition) is 0. The molecule has 0 amide bonds. The first-order valence-corrected chi connectivity index (χ1v) is 4.17. The highest BCUT2D eigenvalue weighted by atomic mass is 16.5. The van der Waals surface area contributed by atoms with Crippen LogP contribution in [0, 0.1) is 0 Å². The summed E-state index contributed by atoms with van der Waals surface area (Å²) in [7, 11) is 0. The van der Waals surface area contributed by atoms with Crippen LogP contribution in [0.1, 0.15) is 13.3 Å². The van der Waals surface area contributed by atoms with Crippen LogP contribution < -0.4 is 0 Å². The van der Waals surface area contributed by atoms with Crippen molar-refractivity contribution in [2.24, 2.45) is 0 Å². The maximum atomic E-state index is 5.47. The SMILES string of the molecule is CC=C[N+]1=C2CC=CC=C2OC1. The van der Waals surface area contributed by atoms with Crippen molar-refractivity contribution >= 4 is 5.71 Å². The van der Waals surface area contributed by atoms with Gasteiger partial charge in [0.05, 0.1) is 6.42 Å². The number of ether oxygens (including phenoxy) is 1. The number of rotatable bonds is 1. The van der Waals surface area contributed by atoms with Gasteiger partial charge < -0.3 is 4.74 Å². The van der Waals surface area contributed by atoms with Gasteiger partial charge in [0, 0.05) is 0 Å². The van der Waals surface area contributed by atoms with Crippen LogP contribution in [-0.4, -0.2) is 17.0 Å². The summed E-state index contributed by atoms with van der Waals surface area (Å²) in [5.74, 6) is 1.02. The molecule has 2 rings (SSSR count). The van der Waals surface area contributed by atoms with E-state index in [1.165, 1.54) is 5.71 Å². The third-order valence-corrected chi connectivity index (χ3v) is 2.01. The van der Waals surface area contributed by atoms with Gasteiger partial charge in [0.2, 0.25) is 5.71 Å². The van der Waals surface area contributed by atoms with Gasteiger partial charge in [0.1, 0.15) is 0 Å². The largest absolute Gasteiger partial charge is 0.429 e. The predicted molar refractivity (Wildman–Crippen MR) is 47.9 cm³/mol. The van der Waals surface area contributed by atoms with E-state index in [4.69, 9.17) is 4.74 Å². The van der Waals surface area contributed by atoms with Crippen molar-refractivity contribution in [3.63, 3.8) is 0 Å². The molecule has 0 spiro atoms. The average Bonchev–Trinajstić information content (AvgIpc) is 2.50. The quantitative estimate of drug-likeness (QED) is 0.535. The molecule has 0 unspecified atom stereocenters. The summed E-state index contributed by atoms with van der Waals surface area (Å²) in [6.45, 7) is 2.67. The van der Waals surface area contributed by atoms with Crippen molar-refractivity contribution < 1.29 is 9.31 Å². The fraction of sp³-hybridized carbons (Fsp3) is 0.300.